The molecule has 1 amide bonds. The van der Waals surface area contributed by atoms with Crippen LogP contribution in [0.1, 0.15) is 18.1 Å². The molecule has 0 aliphatic carbocycles. The van der Waals surface area contributed by atoms with Crippen LogP contribution in [-0.2, 0) is 4.79 Å². The number of benzene rings is 2. The van der Waals surface area contributed by atoms with Gasteiger partial charge >= 0.3 is 0 Å². The normalized spacial score (nSPS) is 16.4. The number of halogens is 1. The van der Waals surface area contributed by atoms with Gasteiger partial charge in [0.05, 0.1) is 0 Å². The first-order valence-corrected chi connectivity index (χ1v) is 10.5. The number of carbonyl (C=O) groups is 1. The standard InChI is InChI=1S/C25H25FN4O2/c1-18-14-21(26)9-10-22(18)32-24-15-23(27-17-28-24)29-12-13-30(19(2)16-29)25(31)11-8-20-6-4-3-5-7-20/h3-11,14-15,17,19H,12-13,16H2,1-2H3/b11-8+. The summed E-state index contributed by atoms with van der Waals surface area (Å²) in [6.07, 6.45) is 4.92. The molecule has 6 nitrogen and oxygen atoms in total. The van der Waals surface area contributed by atoms with E-state index < -0.39 is 0 Å². The van der Waals surface area contributed by atoms with Gasteiger partial charge in [-0.2, -0.15) is 0 Å². The van der Waals surface area contributed by atoms with Crippen LogP contribution >= 0.6 is 0 Å². The fourth-order valence-electron chi connectivity index (χ4n) is 3.72. The molecule has 1 saturated heterocycles. The van der Waals surface area contributed by atoms with E-state index in [0.29, 0.717) is 36.8 Å². The van der Waals surface area contributed by atoms with Crippen molar-refractivity contribution in [2.24, 2.45) is 0 Å². The van der Waals surface area contributed by atoms with Gasteiger partial charge in [0.25, 0.3) is 0 Å². The summed E-state index contributed by atoms with van der Waals surface area (Å²) in [6, 6.07) is 15.9. The van der Waals surface area contributed by atoms with Gasteiger partial charge in [-0.3, -0.25) is 4.79 Å². The van der Waals surface area contributed by atoms with Crippen molar-refractivity contribution in [3.05, 3.63) is 83.9 Å². The Kier molecular flexibility index (Phi) is 6.44. The predicted molar refractivity (Wildman–Crippen MR) is 122 cm³/mol. The lowest BCUT2D eigenvalue weighted by atomic mass is 10.1. The average Bonchev–Trinajstić information content (AvgIpc) is 2.80. The minimum atomic E-state index is -0.307. The SMILES string of the molecule is Cc1cc(F)ccc1Oc1cc(N2CCN(C(=O)/C=C/c3ccccc3)C(C)C2)ncn1. The highest BCUT2D eigenvalue weighted by molar-refractivity contribution is 5.92. The summed E-state index contributed by atoms with van der Waals surface area (Å²) in [5, 5.41) is 0. The molecule has 164 valence electrons. The van der Waals surface area contributed by atoms with Crippen molar-refractivity contribution in [2.75, 3.05) is 24.5 Å². The van der Waals surface area contributed by atoms with Gasteiger partial charge in [-0.1, -0.05) is 30.3 Å². The van der Waals surface area contributed by atoms with Gasteiger partial charge in [-0.15, -0.1) is 0 Å². The zero-order valence-electron chi connectivity index (χ0n) is 18.1. The third kappa shape index (κ3) is 5.11. The van der Waals surface area contributed by atoms with E-state index >= 15 is 0 Å². The highest BCUT2D eigenvalue weighted by Crippen LogP contribution is 2.26. The Labute approximate surface area is 187 Å². The molecule has 3 aromatic rings. The maximum absolute atomic E-state index is 13.3. The first kappa shape index (κ1) is 21.5. The molecule has 1 aromatic heterocycles. The van der Waals surface area contributed by atoms with Crippen LogP contribution in [0.5, 0.6) is 11.6 Å². The van der Waals surface area contributed by atoms with Crippen molar-refractivity contribution in [1.82, 2.24) is 14.9 Å². The Morgan fingerprint density at radius 2 is 1.94 bits per heavy atom. The van der Waals surface area contributed by atoms with E-state index in [0.717, 1.165) is 11.4 Å². The molecule has 0 saturated carbocycles. The molecule has 2 aromatic carbocycles. The van der Waals surface area contributed by atoms with Gasteiger partial charge in [0.15, 0.2) is 0 Å². The Balaban J connectivity index is 1.40. The molecule has 1 aliphatic heterocycles. The lowest BCUT2D eigenvalue weighted by Crippen LogP contribution is -2.54. The summed E-state index contributed by atoms with van der Waals surface area (Å²) in [5.74, 6) is 1.36. The van der Waals surface area contributed by atoms with Crippen LogP contribution in [0.15, 0.2) is 67.0 Å². The highest BCUT2D eigenvalue weighted by atomic mass is 19.1. The van der Waals surface area contributed by atoms with Crippen molar-refractivity contribution >= 4 is 17.8 Å². The topological polar surface area (TPSA) is 58.6 Å². The van der Waals surface area contributed by atoms with Gasteiger partial charge in [0, 0.05) is 37.8 Å². The third-order valence-corrected chi connectivity index (χ3v) is 5.43. The molecule has 4 rings (SSSR count). The second-order valence-corrected chi connectivity index (χ2v) is 7.80. The Morgan fingerprint density at radius 1 is 1.12 bits per heavy atom. The number of rotatable bonds is 5. The first-order valence-electron chi connectivity index (χ1n) is 10.5. The van der Waals surface area contributed by atoms with E-state index in [-0.39, 0.29) is 17.8 Å². The molecule has 0 bridgehead atoms. The molecule has 0 N–H and O–H groups in total. The van der Waals surface area contributed by atoms with Crippen LogP contribution in [-0.4, -0.2) is 46.5 Å². The van der Waals surface area contributed by atoms with Gasteiger partial charge in [-0.25, -0.2) is 14.4 Å². The van der Waals surface area contributed by atoms with Gasteiger partial charge < -0.3 is 14.5 Å². The number of amides is 1. The van der Waals surface area contributed by atoms with Crippen LogP contribution < -0.4 is 9.64 Å². The van der Waals surface area contributed by atoms with Crippen LogP contribution in [0.2, 0.25) is 0 Å². The largest absolute Gasteiger partial charge is 0.439 e. The summed E-state index contributed by atoms with van der Waals surface area (Å²) in [6.45, 7) is 5.71. The molecule has 7 heteroatoms. The highest BCUT2D eigenvalue weighted by Gasteiger charge is 2.27. The fraction of sp³-hybridized carbons (Fsp3) is 0.240. The van der Waals surface area contributed by atoms with E-state index in [1.54, 1.807) is 25.1 Å². The third-order valence-electron chi connectivity index (χ3n) is 5.43. The van der Waals surface area contributed by atoms with E-state index in [1.807, 2.05) is 48.2 Å². The minimum Gasteiger partial charge on any atom is -0.439 e. The molecule has 1 fully saturated rings. The summed E-state index contributed by atoms with van der Waals surface area (Å²) in [7, 11) is 0. The first-order chi connectivity index (χ1) is 15.5. The summed E-state index contributed by atoms with van der Waals surface area (Å²) >= 11 is 0. The maximum Gasteiger partial charge on any atom is 0.246 e. The lowest BCUT2D eigenvalue weighted by molar-refractivity contribution is -0.128. The summed E-state index contributed by atoms with van der Waals surface area (Å²) in [4.78, 5) is 25.2. The predicted octanol–water partition coefficient (Wildman–Crippen LogP) is 4.47. The number of ether oxygens (including phenoxy) is 1. The molecule has 1 atom stereocenters. The molecular formula is C25H25FN4O2. The maximum atomic E-state index is 13.3. The minimum absolute atomic E-state index is 0.000465. The van der Waals surface area contributed by atoms with Crippen LogP contribution in [0.25, 0.3) is 6.08 Å². The second kappa shape index (κ2) is 9.60. The lowest BCUT2D eigenvalue weighted by Gasteiger charge is -2.40. The molecular weight excluding hydrogens is 407 g/mol. The van der Waals surface area contributed by atoms with Crippen molar-refractivity contribution in [3.8, 4) is 11.6 Å². The summed E-state index contributed by atoms with van der Waals surface area (Å²) < 4.78 is 19.2. The smallest absolute Gasteiger partial charge is 0.246 e. The number of hydrogen-bond acceptors (Lipinski definition) is 5. The van der Waals surface area contributed by atoms with Crippen molar-refractivity contribution in [3.63, 3.8) is 0 Å². The summed E-state index contributed by atoms with van der Waals surface area (Å²) in [5.41, 5.74) is 1.69. The number of aryl methyl sites for hydroxylation is 1. The Morgan fingerprint density at radius 3 is 2.69 bits per heavy atom. The number of nitrogens with zero attached hydrogens (tertiary/aromatic N) is 4. The van der Waals surface area contributed by atoms with Crippen molar-refractivity contribution in [2.45, 2.75) is 19.9 Å². The van der Waals surface area contributed by atoms with Crippen molar-refractivity contribution in [1.29, 1.82) is 0 Å². The quantitative estimate of drug-likeness (QED) is 0.557. The Hall–Kier alpha value is -3.74. The van der Waals surface area contributed by atoms with Crippen molar-refractivity contribution < 1.29 is 13.9 Å². The number of piperazine rings is 1. The number of anilines is 1. The zero-order chi connectivity index (χ0) is 22.5. The van der Waals surface area contributed by atoms with E-state index in [1.165, 1.54) is 18.5 Å². The fourth-order valence-corrected chi connectivity index (χ4v) is 3.72. The zero-order valence-corrected chi connectivity index (χ0v) is 18.1. The van der Waals surface area contributed by atoms with Gasteiger partial charge in [0.1, 0.15) is 23.7 Å². The van der Waals surface area contributed by atoms with Gasteiger partial charge in [-0.05, 0) is 49.2 Å². The van der Waals surface area contributed by atoms with Crippen LogP contribution in [0, 0.1) is 12.7 Å². The molecule has 0 radical (unpaired) electrons. The molecule has 2 heterocycles. The monoisotopic (exact) mass is 432 g/mol. The van der Waals surface area contributed by atoms with E-state index in [2.05, 4.69) is 14.9 Å². The van der Waals surface area contributed by atoms with Gasteiger partial charge in [0.2, 0.25) is 11.8 Å². The Bertz CT molecular complexity index is 1120. The number of carbonyl (C=O) groups excluding carboxylic acids is 1. The van der Waals surface area contributed by atoms with Crippen LogP contribution in [0.4, 0.5) is 10.2 Å². The number of hydrogen-bond donors (Lipinski definition) is 0. The average molecular weight is 432 g/mol. The molecule has 0 spiro atoms. The molecule has 32 heavy (non-hydrogen) atoms. The second-order valence-electron chi connectivity index (χ2n) is 7.80. The van der Waals surface area contributed by atoms with Crippen LogP contribution in [0.3, 0.4) is 0 Å². The molecule has 1 aliphatic rings. The van der Waals surface area contributed by atoms with E-state index in [9.17, 15) is 9.18 Å². The van der Waals surface area contributed by atoms with E-state index in [4.69, 9.17) is 4.74 Å². The number of aromatic nitrogens is 2. The molecule has 1 unspecified atom stereocenters.